The Kier molecular flexibility index (Phi) is 5.95. The number of rotatable bonds is 6. The Bertz CT molecular complexity index is 473. The highest BCUT2D eigenvalue weighted by Gasteiger charge is 2.11. The van der Waals surface area contributed by atoms with Crippen LogP contribution in [0, 0.1) is 0 Å². The molecule has 0 aliphatic carbocycles. The van der Waals surface area contributed by atoms with Gasteiger partial charge in [0.1, 0.15) is 5.82 Å². The summed E-state index contributed by atoms with van der Waals surface area (Å²) in [6, 6.07) is 3.42. The Hall–Kier alpha value is -1.66. The zero-order valence-electron chi connectivity index (χ0n) is 12.6. The maximum Gasteiger partial charge on any atom is 0.251 e. The van der Waals surface area contributed by atoms with Gasteiger partial charge in [-0.15, -0.1) is 0 Å². The first-order valence-electron chi connectivity index (χ1n) is 7.53. The van der Waals surface area contributed by atoms with Crippen LogP contribution in [0.25, 0.3) is 0 Å². The molecule has 1 aromatic rings. The molecule has 0 unspecified atom stereocenters. The molecule has 1 fully saturated rings. The summed E-state index contributed by atoms with van der Waals surface area (Å²) in [5.74, 6) is 0.314. The van der Waals surface area contributed by atoms with E-state index in [1.807, 2.05) is 6.92 Å². The largest absolute Gasteiger partial charge is 0.384 e. The molecule has 116 valence electrons. The van der Waals surface area contributed by atoms with E-state index in [0.717, 1.165) is 51.4 Å². The lowest BCUT2D eigenvalue weighted by atomic mass is 10.2. The predicted octanol–water partition coefficient (Wildman–Crippen LogP) is 0.678. The van der Waals surface area contributed by atoms with Crippen LogP contribution in [0.5, 0.6) is 0 Å². The highest BCUT2D eigenvalue weighted by atomic mass is 16.5. The number of carbonyl (C=O) groups excluding carboxylic acids is 1. The van der Waals surface area contributed by atoms with Crippen molar-refractivity contribution in [2.45, 2.75) is 19.8 Å². The number of carbonyl (C=O) groups is 1. The van der Waals surface area contributed by atoms with Gasteiger partial charge in [-0.05, 0) is 31.5 Å². The predicted molar refractivity (Wildman–Crippen MR) is 82.2 cm³/mol. The van der Waals surface area contributed by atoms with Crippen LogP contribution in [-0.2, 0) is 11.2 Å². The third kappa shape index (κ3) is 4.99. The molecule has 2 rings (SSSR count). The standard InChI is InChI=1S/C15H24N4O2/c1-2-13-10-12(11-14(16)18-13)15(20)17-4-3-5-19-6-8-21-9-7-19/h10-11H,2-9H2,1H3,(H2,16,18)(H,17,20). The highest BCUT2D eigenvalue weighted by Crippen LogP contribution is 2.08. The van der Waals surface area contributed by atoms with Crippen LogP contribution in [0.3, 0.4) is 0 Å². The van der Waals surface area contributed by atoms with E-state index in [1.165, 1.54) is 0 Å². The quantitative estimate of drug-likeness (QED) is 0.754. The molecule has 1 saturated heterocycles. The van der Waals surface area contributed by atoms with Crippen molar-refractivity contribution >= 4 is 11.7 Å². The summed E-state index contributed by atoms with van der Waals surface area (Å²) in [6.07, 6.45) is 1.70. The van der Waals surface area contributed by atoms with Crippen LogP contribution < -0.4 is 11.1 Å². The smallest absolute Gasteiger partial charge is 0.251 e. The first kappa shape index (κ1) is 15.7. The molecule has 3 N–H and O–H groups in total. The number of nitrogens with one attached hydrogen (secondary N) is 1. The van der Waals surface area contributed by atoms with Gasteiger partial charge in [0.15, 0.2) is 0 Å². The van der Waals surface area contributed by atoms with Gasteiger partial charge in [-0.3, -0.25) is 9.69 Å². The molecule has 1 aromatic heterocycles. The third-order valence-corrected chi connectivity index (χ3v) is 3.56. The molecule has 1 amide bonds. The Morgan fingerprint density at radius 1 is 1.43 bits per heavy atom. The number of nitrogens with two attached hydrogens (primary N) is 1. The van der Waals surface area contributed by atoms with Gasteiger partial charge in [-0.1, -0.05) is 6.92 Å². The lowest BCUT2D eigenvalue weighted by molar-refractivity contribution is 0.0374. The van der Waals surface area contributed by atoms with Crippen molar-refractivity contribution in [3.05, 3.63) is 23.4 Å². The summed E-state index contributed by atoms with van der Waals surface area (Å²) in [7, 11) is 0. The van der Waals surface area contributed by atoms with Gasteiger partial charge in [0.2, 0.25) is 0 Å². The van der Waals surface area contributed by atoms with E-state index in [4.69, 9.17) is 10.5 Å². The van der Waals surface area contributed by atoms with E-state index in [9.17, 15) is 4.79 Å². The maximum atomic E-state index is 12.1. The molecule has 21 heavy (non-hydrogen) atoms. The Balaban J connectivity index is 1.75. The molecule has 2 heterocycles. The zero-order valence-corrected chi connectivity index (χ0v) is 12.6. The van der Waals surface area contributed by atoms with E-state index < -0.39 is 0 Å². The Morgan fingerprint density at radius 2 is 2.19 bits per heavy atom. The summed E-state index contributed by atoms with van der Waals surface area (Å²) in [5, 5.41) is 2.94. The van der Waals surface area contributed by atoms with Crippen LogP contribution in [0.4, 0.5) is 5.82 Å². The van der Waals surface area contributed by atoms with E-state index in [0.29, 0.717) is 17.9 Å². The number of morpholine rings is 1. The summed E-state index contributed by atoms with van der Waals surface area (Å²) in [4.78, 5) is 18.6. The Morgan fingerprint density at radius 3 is 2.90 bits per heavy atom. The minimum atomic E-state index is -0.0826. The molecule has 6 nitrogen and oxygen atoms in total. The van der Waals surface area contributed by atoms with Gasteiger partial charge in [0.25, 0.3) is 5.91 Å². The fraction of sp³-hybridized carbons (Fsp3) is 0.600. The minimum absolute atomic E-state index is 0.0826. The molecular weight excluding hydrogens is 268 g/mol. The molecule has 0 radical (unpaired) electrons. The summed E-state index contributed by atoms with van der Waals surface area (Å²) < 4.78 is 5.31. The second-order valence-electron chi connectivity index (χ2n) is 5.19. The number of hydrogen-bond donors (Lipinski definition) is 2. The summed E-state index contributed by atoms with van der Waals surface area (Å²) >= 11 is 0. The van der Waals surface area contributed by atoms with Gasteiger partial charge in [0.05, 0.1) is 13.2 Å². The van der Waals surface area contributed by atoms with Crippen molar-refractivity contribution in [3.8, 4) is 0 Å². The highest BCUT2D eigenvalue weighted by molar-refractivity contribution is 5.94. The van der Waals surface area contributed by atoms with Gasteiger partial charge in [-0.2, -0.15) is 0 Å². The topological polar surface area (TPSA) is 80.5 Å². The fourth-order valence-corrected chi connectivity index (χ4v) is 2.35. The number of aromatic nitrogens is 1. The van der Waals surface area contributed by atoms with E-state index in [2.05, 4.69) is 15.2 Å². The average Bonchev–Trinajstić information content (AvgIpc) is 2.51. The van der Waals surface area contributed by atoms with E-state index in [1.54, 1.807) is 12.1 Å². The fourth-order valence-electron chi connectivity index (χ4n) is 2.35. The number of nitrogens with zero attached hydrogens (tertiary/aromatic N) is 2. The van der Waals surface area contributed by atoms with Crippen LogP contribution in [-0.4, -0.2) is 55.2 Å². The molecular formula is C15H24N4O2. The molecule has 0 spiro atoms. The number of anilines is 1. The zero-order chi connectivity index (χ0) is 15.1. The van der Waals surface area contributed by atoms with Crippen molar-refractivity contribution < 1.29 is 9.53 Å². The van der Waals surface area contributed by atoms with Crippen LogP contribution in [0.15, 0.2) is 12.1 Å². The molecule has 0 atom stereocenters. The first-order chi connectivity index (χ1) is 10.2. The molecule has 6 heteroatoms. The van der Waals surface area contributed by atoms with Crippen molar-refractivity contribution in [2.24, 2.45) is 0 Å². The molecule has 0 aromatic carbocycles. The average molecular weight is 292 g/mol. The van der Waals surface area contributed by atoms with Crippen LogP contribution in [0.2, 0.25) is 0 Å². The van der Waals surface area contributed by atoms with Gasteiger partial charge in [0, 0.05) is 30.9 Å². The number of nitrogen functional groups attached to an aromatic ring is 1. The number of ether oxygens (including phenoxy) is 1. The van der Waals surface area contributed by atoms with Gasteiger partial charge in [-0.25, -0.2) is 4.98 Å². The minimum Gasteiger partial charge on any atom is -0.384 e. The SMILES string of the molecule is CCc1cc(C(=O)NCCCN2CCOCC2)cc(N)n1. The van der Waals surface area contributed by atoms with Crippen molar-refractivity contribution in [1.29, 1.82) is 0 Å². The normalized spacial score (nSPS) is 15.9. The second kappa shape index (κ2) is 7.95. The maximum absolute atomic E-state index is 12.1. The van der Waals surface area contributed by atoms with Gasteiger partial charge < -0.3 is 15.8 Å². The van der Waals surface area contributed by atoms with Crippen molar-refractivity contribution in [3.63, 3.8) is 0 Å². The summed E-state index contributed by atoms with van der Waals surface area (Å²) in [5.41, 5.74) is 7.15. The monoisotopic (exact) mass is 292 g/mol. The molecule has 1 aliphatic heterocycles. The first-order valence-corrected chi connectivity index (χ1v) is 7.53. The number of pyridine rings is 1. The van der Waals surface area contributed by atoms with Crippen molar-refractivity contribution in [1.82, 2.24) is 15.2 Å². The number of hydrogen-bond acceptors (Lipinski definition) is 5. The van der Waals surface area contributed by atoms with Crippen LogP contribution >= 0.6 is 0 Å². The number of aryl methyl sites for hydroxylation is 1. The Labute approximate surface area is 125 Å². The molecule has 1 aliphatic rings. The van der Waals surface area contributed by atoms with E-state index in [-0.39, 0.29) is 5.91 Å². The van der Waals surface area contributed by atoms with Crippen molar-refractivity contribution in [2.75, 3.05) is 45.1 Å². The second-order valence-corrected chi connectivity index (χ2v) is 5.19. The van der Waals surface area contributed by atoms with Crippen LogP contribution in [0.1, 0.15) is 29.4 Å². The van der Waals surface area contributed by atoms with E-state index >= 15 is 0 Å². The third-order valence-electron chi connectivity index (χ3n) is 3.56. The number of amides is 1. The lowest BCUT2D eigenvalue weighted by Crippen LogP contribution is -2.38. The lowest BCUT2D eigenvalue weighted by Gasteiger charge is -2.26. The molecule has 0 bridgehead atoms. The van der Waals surface area contributed by atoms with Gasteiger partial charge >= 0.3 is 0 Å². The molecule has 0 saturated carbocycles. The summed E-state index contributed by atoms with van der Waals surface area (Å²) in [6.45, 7) is 7.22.